The van der Waals surface area contributed by atoms with Crippen LogP contribution in [0.3, 0.4) is 0 Å². The zero-order chi connectivity index (χ0) is 22.4. The average Bonchev–Trinajstić information content (AvgIpc) is 2.72. The largest absolute Gasteiger partial charge is 0.490 e. The Hall–Kier alpha value is -3.66. The predicted octanol–water partition coefficient (Wildman–Crippen LogP) is 3.92. The number of hydrogen-bond acceptors (Lipinski definition) is 5. The second-order valence-corrected chi connectivity index (χ2v) is 7.83. The molecule has 0 heterocycles. The molecule has 3 aromatic rings. The number of ether oxygens (including phenoxy) is 2. The van der Waals surface area contributed by atoms with Crippen LogP contribution in [0, 0.1) is 11.6 Å². The highest BCUT2D eigenvalue weighted by Gasteiger charge is 2.23. The van der Waals surface area contributed by atoms with E-state index in [4.69, 9.17) is 14.6 Å². The molecule has 0 unspecified atom stereocenters. The molecule has 2 N–H and O–H groups in total. The van der Waals surface area contributed by atoms with Crippen molar-refractivity contribution in [3.63, 3.8) is 0 Å². The Balaban J connectivity index is 1.52. The van der Waals surface area contributed by atoms with E-state index < -0.39 is 32.5 Å². The van der Waals surface area contributed by atoms with E-state index >= 15 is 0 Å². The molecule has 0 radical (unpaired) electrons. The van der Waals surface area contributed by atoms with Crippen LogP contribution >= 0.6 is 0 Å². The van der Waals surface area contributed by atoms with Crippen LogP contribution in [0.5, 0.6) is 11.5 Å². The minimum Gasteiger partial charge on any atom is -0.490 e. The average molecular weight is 449 g/mol. The van der Waals surface area contributed by atoms with Gasteiger partial charge in [0.1, 0.15) is 36.3 Å². The summed E-state index contributed by atoms with van der Waals surface area (Å²) in [4.78, 5) is 9.75. The number of carbonyl (C=O) groups is 1. The SMILES string of the molecule is O=C(O)c1ccc(OCCOc2ccc(NS(=O)(=O)c3c(F)cccc3F)cc2)cc1. The number of halogens is 2. The Bertz CT molecular complexity index is 1150. The monoisotopic (exact) mass is 449 g/mol. The summed E-state index contributed by atoms with van der Waals surface area (Å²) in [5, 5.41) is 8.85. The molecular formula is C21H17F2NO6S. The van der Waals surface area contributed by atoms with Crippen LogP contribution in [0.1, 0.15) is 10.4 Å². The number of carboxylic acid groups (broad SMARTS) is 1. The molecule has 0 spiro atoms. The number of aromatic carboxylic acids is 1. The molecule has 0 aliphatic heterocycles. The number of sulfonamides is 1. The van der Waals surface area contributed by atoms with Gasteiger partial charge in [0.15, 0.2) is 4.90 Å². The van der Waals surface area contributed by atoms with Crippen LogP contribution in [-0.4, -0.2) is 32.7 Å². The number of anilines is 1. The first kappa shape index (κ1) is 22.0. The van der Waals surface area contributed by atoms with E-state index in [1.165, 1.54) is 48.5 Å². The maximum atomic E-state index is 13.7. The maximum Gasteiger partial charge on any atom is 0.335 e. The molecule has 10 heteroatoms. The number of hydrogen-bond donors (Lipinski definition) is 2. The summed E-state index contributed by atoms with van der Waals surface area (Å²) in [6, 6.07) is 14.4. The number of nitrogens with one attached hydrogen (secondary N) is 1. The summed E-state index contributed by atoms with van der Waals surface area (Å²) in [6.07, 6.45) is 0. The maximum absolute atomic E-state index is 13.7. The fraction of sp³-hybridized carbons (Fsp3) is 0.0952. The van der Waals surface area contributed by atoms with Gasteiger partial charge < -0.3 is 14.6 Å². The lowest BCUT2D eigenvalue weighted by Gasteiger charge is -2.11. The second-order valence-electron chi connectivity index (χ2n) is 6.21. The molecule has 0 amide bonds. The molecular weight excluding hydrogens is 432 g/mol. The molecule has 31 heavy (non-hydrogen) atoms. The molecule has 0 saturated heterocycles. The molecule has 0 saturated carbocycles. The minimum absolute atomic E-state index is 0.102. The van der Waals surface area contributed by atoms with Crippen molar-refractivity contribution in [1.82, 2.24) is 0 Å². The molecule has 0 aromatic heterocycles. The van der Waals surface area contributed by atoms with Crippen LogP contribution in [0.15, 0.2) is 71.6 Å². The minimum atomic E-state index is -4.45. The lowest BCUT2D eigenvalue weighted by molar-refractivity contribution is 0.0696. The van der Waals surface area contributed by atoms with Crippen molar-refractivity contribution >= 4 is 21.7 Å². The van der Waals surface area contributed by atoms with E-state index in [1.807, 2.05) is 0 Å². The third-order valence-electron chi connectivity index (χ3n) is 4.02. The summed E-state index contributed by atoms with van der Waals surface area (Å²) in [5.74, 6) is -2.50. The first-order chi connectivity index (χ1) is 14.8. The Kier molecular flexibility index (Phi) is 6.71. The van der Waals surface area contributed by atoms with E-state index in [9.17, 15) is 22.0 Å². The normalized spacial score (nSPS) is 11.0. The van der Waals surface area contributed by atoms with Crippen molar-refractivity contribution in [3.8, 4) is 11.5 Å². The summed E-state index contributed by atoms with van der Waals surface area (Å²) in [6.45, 7) is 0.361. The molecule has 0 aliphatic carbocycles. The highest BCUT2D eigenvalue weighted by atomic mass is 32.2. The van der Waals surface area contributed by atoms with Crippen LogP contribution in [0.25, 0.3) is 0 Å². The summed E-state index contributed by atoms with van der Waals surface area (Å²) in [7, 11) is -4.45. The number of carboxylic acids is 1. The van der Waals surface area contributed by atoms with Gasteiger partial charge in [0.25, 0.3) is 10.0 Å². The van der Waals surface area contributed by atoms with Gasteiger partial charge >= 0.3 is 5.97 Å². The summed E-state index contributed by atoms with van der Waals surface area (Å²) in [5.41, 5.74) is 0.252. The van der Waals surface area contributed by atoms with Crippen molar-refractivity contribution in [2.45, 2.75) is 4.90 Å². The van der Waals surface area contributed by atoms with E-state index in [-0.39, 0.29) is 24.5 Å². The van der Waals surface area contributed by atoms with Gasteiger partial charge in [0, 0.05) is 5.69 Å². The van der Waals surface area contributed by atoms with Gasteiger partial charge in [-0.25, -0.2) is 22.0 Å². The van der Waals surface area contributed by atoms with Gasteiger partial charge in [0.2, 0.25) is 0 Å². The van der Waals surface area contributed by atoms with Gasteiger partial charge in [0.05, 0.1) is 5.56 Å². The van der Waals surface area contributed by atoms with E-state index in [2.05, 4.69) is 4.72 Å². The van der Waals surface area contributed by atoms with Crippen molar-refractivity contribution in [2.75, 3.05) is 17.9 Å². The lowest BCUT2D eigenvalue weighted by Crippen LogP contribution is -2.16. The van der Waals surface area contributed by atoms with Gasteiger partial charge in [-0.1, -0.05) is 6.07 Å². The van der Waals surface area contributed by atoms with Gasteiger partial charge in [-0.15, -0.1) is 0 Å². The molecule has 162 valence electrons. The number of rotatable bonds is 9. The van der Waals surface area contributed by atoms with E-state index in [0.717, 1.165) is 18.2 Å². The van der Waals surface area contributed by atoms with Gasteiger partial charge in [-0.3, -0.25) is 4.72 Å². The molecule has 0 fully saturated rings. The third-order valence-corrected chi connectivity index (χ3v) is 5.45. The quantitative estimate of drug-likeness (QED) is 0.480. The Morgan fingerprint density at radius 3 is 1.81 bits per heavy atom. The molecule has 3 rings (SSSR count). The Labute approximate surface area is 176 Å². The Morgan fingerprint density at radius 2 is 1.32 bits per heavy atom. The van der Waals surface area contributed by atoms with E-state index in [1.54, 1.807) is 0 Å². The van der Waals surface area contributed by atoms with E-state index in [0.29, 0.717) is 11.5 Å². The second kappa shape index (κ2) is 9.43. The first-order valence-electron chi connectivity index (χ1n) is 8.92. The highest BCUT2D eigenvalue weighted by molar-refractivity contribution is 7.92. The van der Waals surface area contributed by atoms with Crippen molar-refractivity contribution in [2.24, 2.45) is 0 Å². The number of benzene rings is 3. The zero-order valence-electron chi connectivity index (χ0n) is 15.9. The molecule has 3 aromatic carbocycles. The zero-order valence-corrected chi connectivity index (χ0v) is 16.7. The van der Waals surface area contributed by atoms with Crippen molar-refractivity contribution < 1.29 is 36.6 Å². The summed E-state index contributed by atoms with van der Waals surface area (Å²) < 4.78 is 65.1. The fourth-order valence-corrected chi connectivity index (χ4v) is 3.78. The first-order valence-corrected chi connectivity index (χ1v) is 10.4. The topological polar surface area (TPSA) is 102 Å². The van der Waals surface area contributed by atoms with Crippen molar-refractivity contribution in [1.29, 1.82) is 0 Å². The van der Waals surface area contributed by atoms with Crippen LogP contribution in [-0.2, 0) is 10.0 Å². The molecule has 0 bridgehead atoms. The lowest BCUT2D eigenvalue weighted by atomic mass is 10.2. The van der Waals surface area contributed by atoms with Crippen molar-refractivity contribution in [3.05, 3.63) is 83.9 Å². The van der Waals surface area contributed by atoms with Gasteiger partial charge in [-0.2, -0.15) is 0 Å². The molecule has 0 aliphatic rings. The smallest absolute Gasteiger partial charge is 0.335 e. The van der Waals surface area contributed by atoms with Crippen LogP contribution < -0.4 is 14.2 Å². The third kappa shape index (κ3) is 5.70. The molecule has 0 atom stereocenters. The molecule has 7 nitrogen and oxygen atoms in total. The fourth-order valence-electron chi connectivity index (χ4n) is 2.58. The van der Waals surface area contributed by atoms with Crippen LogP contribution in [0.4, 0.5) is 14.5 Å². The Morgan fingerprint density at radius 1 is 0.839 bits per heavy atom. The van der Waals surface area contributed by atoms with Gasteiger partial charge in [-0.05, 0) is 60.7 Å². The highest BCUT2D eigenvalue weighted by Crippen LogP contribution is 2.23. The van der Waals surface area contributed by atoms with Crippen LogP contribution in [0.2, 0.25) is 0 Å². The summed E-state index contributed by atoms with van der Waals surface area (Å²) >= 11 is 0. The standard InChI is InChI=1S/C21H17F2NO6S/c22-18-2-1-3-19(23)20(18)31(27,28)24-15-6-10-17(11-7-15)30-13-12-29-16-8-4-14(5-9-16)21(25)26/h1-11,24H,12-13H2,(H,25,26). The predicted molar refractivity (Wildman–Crippen MR) is 108 cm³/mol.